The SMILES string of the molecule is Cc1ccccc1CC(=O)NCc1ccc2c(c1)CC(=O)N2. The number of anilines is 1. The molecule has 1 heterocycles. The molecule has 0 spiro atoms. The number of nitrogens with one attached hydrogen (secondary N) is 2. The summed E-state index contributed by atoms with van der Waals surface area (Å²) in [6.07, 6.45) is 0.804. The summed E-state index contributed by atoms with van der Waals surface area (Å²) >= 11 is 0. The van der Waals surface area contributed by atoms with Crippen molar-refractivity contribution in [3.8, 4) is 0 Å². The van der Waals surface area contributed by atoms with Crippen molar-refractivity contribution in [2.75, 3.05) is 5.32 Å². The van der Waals surface area contributed by atoms with E-state index in [-0.39, 0.29) is 11.8 Å². The van der Waals surface area contributed by atoms with Crippen LogP contribution in [0.2, 0.25) is 0 Å². The van der Waals surface area contributed by atoms with E-state index in [4.69, 9.17) is 0 Å². The molecule has 0 bridgehead atoms. The number of hydrogen-bond acceptors (Lipinski definition) is 2. The smallest absolute Gasteiger partial charge is 0.228 e. The lowest BCUT2D eigenvalue weighted by atomic mass is 10.1. The zero-order valence-electron chi connectivity index (χ0n) is 12.5. The highest BCUT2D eigenvalue weighted by Crippen LogP contribution is 2.23. The first-order valence-electron chi connectivity index (χ1n) is 7.34. The number of fused-ring (bicyclic) bond motifs is 1. The van der Waals surface area contributed by atoms with Crippen molar-refractivity contribution in [1.29, 1.82) is 0 Å². The maximum atomic E-state index is 12.0. The van der Waals surface area contributed by atoms with Gasteiger partial charge < -0.3 is 10.6 Å². The molecule has 0 aliphatic carbocycles. The number of benzene rings is 2. The first kappa shape index (κ1) is 14.3. The van der Waals surface area contributed by atoms with Gasteiger partial charge in [-0.05, 0) is 35.2 Å². The standard InChI is InChI=1S/C18H18N2O2/c1-12-4-2-3-5-14(12)9-17(21)19-11-13-6-7-16-15(8-13)10-18(22)20-16/h2-8H,9-11H2,1H3,(H,19,21)(H,20,22). The molecule has 0 saturated carbocycles. The van der Waals surface area contributed by atoms with E-state index in [9.17, 15) is 9.59 Å². The van der Waals surface area contributed by atoms with Gasteiger partial charge in [-0.2, -0.15) is 0 Å². The van der Waals surface area contributed by atoms with Gasteiger partial charge in [0.1, 0.15) is 0 Å². The molecule has 1 aliphatic heterocycles. The van der Waals surface area contributed by atoms with Crippen molar-refractivity contribution in [1.82, 2.24) is 5.32 Å². The molecule has 0 aromatic heterocycles. The van der Waals surface area contributed by atoms with Gasteiger partial charge in [0.25, 0.3) is 0 Å². The topological polar surface area (TPSA) is 58.2 Å². The fourth-order valence-electron chi connectivity index (χ4n) is 2.64. The molecule has 4 nitrogen and oxygen atoms in total. The quantitative estimate of drug-likeness (QED) is 0.909. The second-order valence-corrected chi connectivity index (χ2v) is 5.60. The zero-order chi connectivity index (χ0) is 15.5. The molecular weight excluding hydrogens is 276 g/mol. The largest absolute Gasteiger partial charge is 0.352 e. The highest BCUT2D eigenvalue weighted by Gasteiger charge is 2.17. The minimum Gasteiger partial charge on any atom is -0.352 e. The monoisotopic (exact) mass is 294 g/mol. The van der Waals surface area contributed by atoms with Crippen LogP contribution in [-0.2, 0) is 29.0 Å². The van der Waals surface area contributed by atoms with Crippen LogP contribution in [0.25, 0.3) is 0 Å². The van der Waals surface area contributed by atoms with Crippen molar-refractivity contribution in [2.24, 2.45) is 0 Å². The van der Waals surface area contributed by atoms with E-state index >= 15 is 0 Å². The van der Waals surface area contributed by atoms with Gasteiger partial charge in [0.2, 0.25) is 11.8 Å². The van der Waals surface area contributed by atoms with Gasteiger partial charge in [-0.25, -0.2) is 0 Å². The Hall–Kier alpha value is -2.62. The lowest BCUT2D eigenvalue weighted by Gasteiger charge is -2.08. The Balaban J connectivity index is 1.59. The fourth-order valence-corrected chi connectivity index (χ4v) is 2.64. The molecule has 4 heteroatoms. The summed E-state index contributed by atoms with van der Waals surface area (Å²) in [6, 6.07) is 13.7. The van der Waals surface area contributed by atoms with Crippen LogP contribution in [0.15, 0.2) is 42.5 Å². The molecule has 0 saturated heterocycles. The summed E-state index contributed by atoms with van der Waals surface area (Å²) in [4.78, 5) is 23.4. The predicted molar refractivity (Wildman–Crippen MR) is 85.5 cm³/mol. The maximum absolute atomic E-state index is 12.0. The van der Waals surface area contributed by atoms with Gasteiger partial charge in [0.15, 0.2) is 0 Å². The maximum Gasteiger partial charge on any atom is 0.228 e. The second kappa shape index (κ2) is 6.02. The van der Waals surface area contributed by atoms with Gasteiger partial charge in [0.05, 0.1) is 12.8 Å². The number of amides is 2. The minimum atomic E-state index is 0.00370. The van der Waals surface area contributed by atoms with Gasteiger partial charge in [0, 0.05) is 12.2 Å². The highest BCUT2D eigenvalue weighted by atomic mass is 16.2. The van der Waals surface area contributed by atoms with Crippen LogP contribution in [0, 0.1) is 6.92 Å². The van der Waals surface area contributed by atoms with E-state index in [1.54, 1.807) is 0 Å². The molecule has 2 amide bonds. The molecule has 0 fully saturated rings. The third kappa shape index (κ3) is 3.17. The molecule has 2 N–H and O–H groups in total. The third-order valence-corrected chi connectivity index (χ3v) is 3.90. The summed E-state index contributed by atoms with van der Waals surface area (Å²) in [6.45, 7) is 2.49. The number of rotatable bonds is 4. The first-order valence-corrected chi connectivity index (χ1v) is 7.34. The van der Waals surface area contributed by atoms with E-state index in [0.717, 1.165) is 27.9 Å². The molecule has 1 aliphatic rings. The van der Waals surface area contributed by atoms with Gasteiger partial charge in [-0.1, -0.05) is 36.4 Å². The highest BCUT2D eigenvalue weighted by molar-refractivity contribution is 5.99. The van der Waals surface area contributed by atoms with E-state index in [2.05, 4.69) is 10.6 Å². The summed E-state index contributed by atoms with van der Waals surface area (Å²) in [5, 5.41) is 5.73. The molecule has 2 aromatic carbocycles. The summed E-state index contributed by atoms with van der Waals surface area (Å²) in [5.74, 6) is 0.0275. The van der Waals surface area contributed by atoms with Crippen molar-refractivity contribution < 1.29 is 9.59 Å². The van der Waals surface area contributed by atoms with Crippen molar-refractivity contribution in [2.45, 2.75) is 26.3 Å². The van der Waals surface area contributed by atoms with E-state index < -0.39 is 0 Å². The fraction of sp³-hybridized carbons (Fsp3) is 0.222. The lowest BCUT2D eigenvalue weighted by Crippen LogP contribution is -2.24. The molecular formula is C18H18N2O2. The van der Waals surface area contributed by atoms with Crippen LogP contribution in [0.3, 0.4) is 0 Å². The summed E-state index contributed by atoms with van der Waals surface area (Å²) in [5.41, 5.74) is 5.05. The Morgan fingerprint density at radius 3 is 2.86 bits per heavy atom. The minimum absolute atomic E-state index is 0.00370. The number of aryl methyl sites for hydroxylation is 1. The molecule has 112 valence electrons. The van der Waals surface area contributed by atoms with Gasteiger partial charge >= 0.3 is 0 Å². The van der Waals surface area contributed by atoms with E-state index in [1.807, 2.05) is 49.4 Å². The molecule has 0 atom stereocenters. The number of carbonyl (C=O) groups excluding carboxylic acids is 2. The Morgan fingerprint density at radius 1 is 1.23 bits per heavy atom. The van der Waals surface area contributed by atoms with Crippen molar-refractivity contribution in [3.05, 3.63) is 64.7 Å². The van der Waals surface area contributed by atoms with E-state index in [1.165, 1.54) is 0 Å². The van der Waals surface area contributed by atoms with Crippen LogP contribution in [0.4, 0.5) is 5.69 Å². The van der Waals surface area contributed by atoms with Crippen molar-refractivity contribution in [3.63, 3.8) is 0 Å². The lowest BCUT2D eigenvalue weighted by molar-refractivity contribution is -0.120. The molecule has 0 unspecified atom stereocenters. The Labute approximate surface area is 129 Å². The van der Waals surface area contributed by atoms with Crippen LogP contribution in [0.5, 0.6) is 0 Å². The Morgan fingerprint density at radius 2 is 2.05 bits per heavy atom. The summed E-state index contributed by atoms with van der Waals surface area (Å²) < 4.78 is 0. The van der Waals surface area contributed by atoms with Crippen LogP contribution in [0.1, 0.15) is 22.3 Å². The summed E-state index contributed by atoms with van der Waals surface area (Å²) in [7, 11) is 0. The second-order valence-electron chi connectivity index (χ2n) is 5.60. The number of carbonyl (C=O) groups is 2. The Bertz CT molecular complexity index is 738. The van der Waals surface area contributed by atoms with Crippen LogP contribution in [-0.4, -0.2) is 11.8 Å². The molecule has 2 aromatic rings. The average Bonchev–Trinajstić information content (AvgIpc) is 2.87. The van der Waals surface area contributed by atoms with Crippen molar-refractivity contribution >= 4 is 17.5 Å². The average molecular weight is 294 g/mol. The normalized spacial score (nSPS) is 12.7. The first-order chi connectivity index (χ1) is 10.6. The van der Waals surface area contributed by atoms with E-state index in [0.29, 0.717) is 19.4 Å². The predicted octanol–water partition coefficient (Wildman–Crippen LogP) is 2.35. The zero-order valence-corrected chi connectivity index (χ0v) is 12.5. The molecule has 22 heavy (non-hydrogen) atoms. The Kier molecular flexibility index (Phi) is 3.92. The molecule has 3 rings (SSSR count). The third-order valence-electron chi connectivity index (χ3n) is 3.90. The van der Waals surface area contributed by atoms with Crippen LogP contribution < -0.4 is 10.6 Å². The number of hydrogen-bond donors (Lipinski definition) is 2. The van der Waals surface area contributed by atoms with Crippen LogP contribution >= 0.6 is 0 Å². The van der Waals surface area contributed by atoms with Gasteiger partial charge in [-0.15, -0.1) is 0 Å². The van der Waals surface area contributed by atoms with Gasteiger partial charge in [-0.3, -0.25) is 9.59 Å². The molecule has 0 radical (unpaired) electrons.